The Kier molecular flexibility index (Phi) is 6.42. The molecule has 0 aliphatic carbocycles. The first-order chi connectivity index (χ1) is 9.23. The Labute approximate surface area is 121 Å². The Morgan fingerprint density at radius 1 is 1.45 bits per heavy atom. The third kappa shape index (κ3) is 5.76. The lowest BCUT2D eigenvalue weighted by Gasteiger charge is -2.35. The Hall–Kier alpha value is -0.660. The predicted molar refractivity (Wildman–Crippen MR) is 77.8 cm³/mol. The van der Waals surface area contributed by atoms with Gasteiger partial charge in [-0.3, -0.25) is 4.79 Å². The third-order valence-corrected chi connectivity index (χ3v) is 3.98. The molecular weight excluding hydrogens is 280 g/mol. The normalized spacial score (nSPS) is 22.1. The van der Waals surface area contributed by atoms with Crippen molar-refractivity contribution in [1.82, 2.24) is 9.62 Å². The molecule has 0 aromatic rings. The van der Waals surface area contributed by atoms with Crippen LogP contribution in [-0.4, -0.2) is 57.3 Å². The van der Waals surface area contributed by atoms with Crippen molar-refractivity contribution < 1.29 is 17.9 Å². The SMILES string of the molecule is CCC1CN(C(=O)C(CC(C)C)NS(C)(=O)=O)CCO1. The summed E-state index contributed by atoms with van der Waals surface area (Å²) in [6, 6.07) is -0.680. The van der Waals surface area contributed by atoms with Crippen molar-refractivity contribution in [3.8, 4) is 0 Å². The molecule has 1 aliphatic rings. The standard InChI is InChI=1S/C13H26N2O4S/c1-5-11-9-15(6-7-19-11)13(16)12(8-10(2)3)14-20(4,17)18/h10-12,14H,5-9H2,1-4H3. The van der Waals surface area contributed by atoms with Crippen LogP contribution in [0.25, 0.3) is 0 Å². The second kappa shape index (κ2) is 7.38. The minimum Gasteiger partial charge on any atom is -0.375 e. The fraction of sp³-hybridized carbons (Fsp3) is 0.923. The molecule has 1 fully saturated rings. The zero-order chi connectivity index (χ0) is 15.3. The van der Waals surface area contributed by atoms with E-state index in [1.165, 1.54) is 0 Å². The van der Waals surface area contributed by atoms with Crippen molar-refractivity contribution in [1.29, 1.82) is 0 Å². The van der Waals surface area contributed by atoms with Crippen LogP contribution in [0.2, 0.25) is 0 Å². The highest BCUT2D eigenvalue weighted by Crippen LogP contribution is 2.13. The first-order valence-electron chi connectivity index (χ1n) is 7.10. The predicted octanol–water partition coefficient (Wildman–Crippen LogP) is 0.588. The summed E-state index contributed by atoms with van der Waals surface area (Å²) < 4.78 is 30.8. The molecular formula is C13H26N2O4S. The summed E-state index contributed by atoms with van der Waals surface area (Å²) in [5.74, 6) is 0.0899. The highest BCUT2D eigenvalue weighted by molar-refractivity contribution is 7.88. The average Bonchev–Trinajstić information content (AvgIpc) is 2.35. The molecule has 0 spiro atoms. The van der Waals surface area contributed by atoms with Gasteiger partial charge in [0.15, 0.2) is 0 Å². The Balaban J connectivity index is 2.76. The Morgan fingerprint density at radius 3 is 2.60 bits per heavy atom. The van der Waals surface area contributed by atoms with Crippen LogP contribution in [-0.2, 0) is 19.6 Å². The van der Waals surface area contributed by atoms with Crippen molar-refractivity contribution in [2.75, 3.05) is 26.0 Å². The molecule has 0 aromatic heterocycles. The molecule has 2 atom stereocenters. The Morgan fingerprint density at radius 2 is 2.10 bits per heavy atom. The maximum Gasteiger partial charge on any atom is 0.240 e. The molecule has 1 aliphatic heterocycles. The first kappa shape index (κ1) is 17.4. The number of carbonyl (C=O) groups excluding carboxylic acids is 1. The summed E-state index contributed by atoms with van der Waals surface area (Å²) in [4.78, 5) is 14.2. The quantitative estimate of drug-likeness (QED) is 0.779. The van der Waals surface area contributed by atoms with Gasteiger partial charge in [0, 0.05) is 13.1 Å². The number of carbonyl (C=O) groups is 1. The van der Waals surface area contributed by atoms with E-state index in [2.05, 4.69) is 4.72 Å². The molecule has 0 radical (unpaired) electrons. The minimum absolute atomic E-state index is 0.0469. The monoisotopic (exact) mass is 306 g/mol. The van der Waals surface area contributed by atoms with Gasteiger partial charge in [-0.05, 0) is 18.8 Å². The number of nitrogens with zero attached hydrogens (tertiary/aromatic N) is 1. The molecule has 7 heteroatoms. The lowest BCUT2D eigenvalue weighted by molar-refractivity contribution is -0.141. The van der Waals surface area contributed by atoms with Gasteiger partial charge in [-0.2, -0.15) is 0 Å². The summed E-state index contributed by atoms with van der Waals surface area (Å²) in [6.45, 7) is 7.53. The van der Waals surface area contributed by atoms with E-state index in [9.17, 15) is 13.2 Å². The molecule has 1 saturated heterocycles. The van der Waals surface area contributed by atoms with E-state index in [1.807, 2.05) is 20.8 Å². The summed E-state index contributed by atoms with van der Waals surface area (Å²) in [5, 5.41) is 0. The second-order valence-corrected chi connectivity index (χ2v) is 7.54. The first-order valence-corrected chi connectivity index (χ1v) is 8.99. The van der Waals surface area contributed by atoms with Crippen LogP contribution in [0.3, 0.4) is 0 Å². The van der Waals surface area contributed by atoms with E-state index in [0.29, 0.717) is 26.1 Å². The van der Waals surface area contributed by atoms with E-state index in [1.54, 1.807) is 4.90 Å². The van der Waals surface area contributed by atoms with Crippen LogP contribution in [0.15, 0.2) is 0 Å². The van der Waals surface area contributed by atoms with E-state index in [0.717, 1.165) is 12.7 Å². The summed E-state index contributed by atoms with van der Waals surface area (Å²) in [6.07, 6.45) is 2.48. The topological polar surface area (TPSA) is 75.7 Å². The molecule has 2 unspecified atom stereocenters. The minimum atomic E-state index is -3.40. The van der Waals surface area contributed by atoms with Gasteiger partial charge in [-0.15, -0.1) is 0 Å². The molecule has 20 heavy (non-hydrogen) atoms. The van der Waals surface area contributed by atoms with Gasteiger partial charge in [-0.1, -0.05) is 20.8 Å². The van der Waals surface area contributed by atoms with Gasteiger partial charge in [-0.25, -0.2) is 13.1 Å². The van der Waals surface area contributed by atoms with Crippen LogP contribution >= 0.6 is 0 Å². The smallest absolute Gasteiger partial charge is 0.240 e. The van der Waals surface area contributed by atoms with Gasteiger partial charge in [0.25, 0.3) is 0 Å². The molecule has 0 aromatic carbocycles. The van der Waals surface area contributed by atoms with Crippen LogP contribution in [0.1, 0.15) is 33.6 Å². The highest BCUT2D eigenvalue weighted by atomic mass is 32.2. The van der Waals surface area contributed by atoms with Gasteiger partial charge < -0.3 is 9.64 Å². The van der Waals surface area contributed by atoms with Crippen molar-refractivity contribution in [3.63, 3.8) is 0 Å². The molecule has 118 valence electrons. The van der Waals surface area contributed by atoms with Crippen molar-refractivity contribution in [3.05, 3.63) is 0 Å². The molecule has 1 rings (SSSR count). The fourth-order valence-corrected chi connectivity index (χ4v) is 3.03. The third-order valence-electron chi connectivity index (χ3n) is 3.27. The highest BCUT2D eigenvalue weighted by Gasteiger charge is 2.30. The average molecular weight is 306 g/mol. The number of nitrogens with one attached hydrogen (secondary N) is 1. The summed E-state index contributed by atoms with van der Waals surface area (Å²) >= 11 is 0. The molecule has 1 heterocycles. The van der Waals surface area contributed by atoms with Crippen LogP contribution < -0.4 is 4.72 Å². The molecule has 0 saturated carbocycles. The zero-order valence-electron chi connectivity index (χ0n) is 12.8. The number of morpholine rings is 1. The second-order valence-electron chi connectivity index (χ2n) is 5.76. The maximum atomic E-state index is 12.5. The summed E-state index contributed by atoms with van der Waals surface area (Å²) in [5.41, 5.74) is 0. The van der Waals surface area contributed by atoms with Crippen molar-refractivity contribution in [2.45, 2.75) is 45.8 Å². The lowest BCUT2D eigenvalue weighted by atomic mass is 10.0. The van der Waals surface area contributed by atoms with E-state index in [-0.39, 0.29) is 17.9 Å². The van der Waals surface area contributed by atoms with Crippen LogP contribution in [0, 0.1) is 5.92 Å². The van der Waals surface area contributed by atoms with E-state index < -0.39 is 16.1 Å². The number of sulfonamides is 1. The molecule has 6 nitrogen and oxygen atoms in total. The van der Waals surface area contributed by atoms with E-state index in [4.69, 9.17) is 4.74 Å². The lowest BCUT2D eigenvalue weighted by Crippen LogP contribution is -2.53. The number of hydrogen-bond donors (Lipinski definition) is 1. The number of hydrogen-bond acceptors (Lipinski definition) is 4. The van der Waals surface area contributed by atoms with Gasteiger partial charge in [0.05, 0.1) is 19.0 Å². The Bertz CT molecular complexity index is 422. The number of rotatable bonds is 6. The molecule has 1 N–H and O–H groups in total. The van der Waals surface area contributed by atoms with Crippen molar-refractivity contribution in [2.24, 2.45) is 5.92 Å². The molecule has 0 bridgehead atoms. The van der Waals surface area contributed by atoms with Gasteiger partial charge in [0.2, 0.25) is 15.9 Å². The van der Waals surface area contributed by atoms with Crippen LogP contribution in [0.5, 0.6) is 0 Å². The van der Waals surface area contributed by atoms with E-state index >= 15 is 0 Å². The number of amides is 1. The van der Waals surface area contributed by atoms with Gasteiger partial charge in [0.1, 0.15) is 6.04 Å². The van der Waals surface area contributed by atoms with Crippen molar-refractivity contribution >= 4 is 15.9 Å². The van der Waals surface area contributed by atoms with Crippen LogP contribution in [0.4, 0.5) is 0 Å². The van der Waals surface area contributed by atoms with Gasteiger partial charge >= 0.3 is 0 Å². The largest absolute Gasteiger partial charge is 0.375 e. The fourth-order valence-electron chi connectivity index (χ4n) is 2.32. The summed E-state index contributed by atoms with van der Waals surface area (Å²) in [7, 11) is -3.40. The maximum absolute atomic E-state index is 12.5. The molecule has 1 amide bonds. The number of ether oxygens (including phenoxy) is 1. The zero-order valence-corrected chi connectivity index (χ0v) is 13.6.